The number of unbranched alkanes of at least 4 members (excludes halogenated alkanes) is 36. The Labute approximate surface area is 358 Å². The van der Waals surface area contributed by atoms with E-state index in [1.165, 1.54) is 296 Å². The highest BCUT2D eigenvalue weighted by atomic mass is 15.2. The zero-order valence-corrected chi connectivity index (χ0v) is 40.6. The minimum atomic E-state index is 0.786. The quantitative estimate of drug-likeness (QED) is 0.0567. The number of hydrogen-bond acceptors (Lipinski definition) is 2. The summed E-state index contributed by atoms with van der Waals surface area (Å²) in [7, 11) is 4.98. The highest BCUT2D eigenvalue weighted by Crippen LogP contribution is 2.22. The molecule has 0 aromatic rings. The first-order chi connectivity index (χ1) is 27.6. The second-order valence-electron chi connectivity index (χ2n) is 19.2. The summed E-state index contributed by atoms with van der Waals surface area (Å²) in [6.45, 7) is 11.8. The van der Waals surface area contributed by atoms with E-state index in [0.29, 0.717) is 0 Å². The van der Waals surface area contributed by atoms with E-state index >= 15 is 0 Å². The predicted octanol–water partition coefficient (Wildman–Crippen LogP) is 18.8. The third-order valence-electron chi connectivity index (χ3n) is 13.6. The molecule has 2 heteroatoms. The Kier molecular flexibility index (Phi) is 47.5. The van der Waals surface area contributed by atoms with Gasteiger partial charge in [-0.05, 0) is 39.8 Å². The largest absolute Gasteiger partial charge is 0.302 e. The Morgan fingerprint density at radius 1 is 0.214 bits per heavy atom. The standard InChI is InChI=1S/C54H112N2/c1-7-11-15-19-23-27-31-35-39-43-47-53(48-44-40-36-32-28-24-20-16-12-8-2)55(5)51-52-56(6)54(49-45-41-37-33-29-25-21-17-13-9-3)50-46-42-38-34-30-26-22-18-14-10-4/h53-54H,7-52H2,1-6H3. The monoisotopic (exact) mass is 789 g/mol. The van der Waals surface area contributed by atoms with Crippen molar-refractivity contribution < 1.29 is 0 Å². The van der Waals surface area contributed by atoms with Gasteiger partial charge >= 0.3 is 0 Å². The van der Waals surface area contributed by atoms with Crippen molar-refractivity contribution >= 4 is 0 Å². The molecular weight excluding hydrogens is 677 g/mol. The molecule has 0 radical (unpaired) electrons. The van der Waals surface area contributed by atoms with E-state index in [-0.39, 0.29) is 0 Å². The van der Waals surface area contributed by atoms with Gasteiger partial charge in [-0.15, -0.1) is 0 Å². The van der Waals surface area contributed by atoms with Gasteiger partial charge in [0.2, 0.25) is 0 Å². The van der Waals surface area contributed by atoms with Gasteiger partial charge in [-0.3, -0.25) is 0 Å². The lowest BCUT2D eigenvalue weighted by Crippen LogP contribution is -2.41. The molecule has 0 unspecified atom stereocenters. The maximum absolute atomic E-state index is 2.82. The van der Waals surface area contributed by atoms with Gasteiger partial charge in [0.15, 0.2) is 0 Å². The molecule has 0 aromatic heterocycles. The van der Waals surface area contributed by atoms with Crippen molar-refractivity contribution in [1.82, 2.24) is 9.80 Å². The molecule has 0 saturated heterocycles. The van der Waals surface area contributed by atoms with E-state index in [4.69, 9.17) is 0 Å². The average molecular weight is 790 g/mol. The Bertz CT molecular complexity index is 586. The minimum Gasteiger partial charge on any atom is -0.302 e. The molecule has 0 fully saturated rings. The fourth-order valence-corrected chi connectivity index (χ4v) is 9.32. The first-order valence-electron chi connectivity index (χ1n) is 27.0. The summed E-state index contributed by atoms with van der Waals surface area (Å²) in [6, 6.07) is 1.57. The second kappa shape index (κ2) is 47.6. The molecule has 0 rings (SSSR count). The zero-order chi connectivity index (χ0) is 40.8. The summed E-state index contributed by atoms with van der Waals surface area (Å²) in [6.07, 6.45) is 63.7. The van der Waals surface area contributed by atoms with E-state index in [2.05, 4.69) is 51.6 Å². The van der Waals surface area contributed by atoms with Crippen LogP contribution in [-0.2, 0) is 0 Å². The molecule has 0 N–H and O–H groups in total. The maximum Gasteiger partial charge on any atom is 0.0109 e. The molecule has 0 saturated carbocycles. The number of hydrogen-bond donors (Lipinski definition) is 0. The summed E-state index contributed by atoms with van der Waals surface area (Å²) in [4.78, 5) is 5.63. The second-order valence-corrected chi connectivity index (χ2v) is 19.2. The lowest BCUT2D eigenvalue weighted by Gasteiger charge is -2.33. The van der Waals surface area contributed by atoms with Gasteiger partial charge in [0, 0.05) is 25.2 Å². The number of rotatable bonds is 49. The van der Waals surface area contributed by atoms with Gasteiger partial charge in [-0.25, -0.2) is 0 Å². The van der Waals surface area contributed by atoms with Crippen LogP contribution in [0.25, 0.3) is 0 Å². The topological polar surface area (TPSA) is 6.48 Å². The van der Waals surface area contributed by atoms with Crippen LogP contribution < -0.4 is 0 Å². The van der Waals surface area contributed by atoms with Crippen LogP contribution in [0.1, 0.15) is 310 Å². The normalized spacial score (nSPS) is 12.1. The summed E-state index contributed by atoms with van der Waals surface area (Å²) in [5.74, 6) is 0. The van der Waals surface area contributed by atoms with Crippen LogP contribution in [0.5, 0.6) is 0 Å². The lowest BCUT2D eigenvalue weighted by molar-refractivity contribution is 0.151. The van der Waals surface area contributed by atoms with Crippen molar-refractivity contribution in [2.24, 2.45) is 0 Å². The Morgan fingerprint density at radius 2 is 0.357 bits per heavy atom. The van der Waals surface area contributed by atoms with Crippen molar-refractivity contribution in [3.63, 3.8) is 0 Å². The molecule has 2 nitrogen and oxygen atoms in total. The Balaban J connectivity index is 4.87. The number of likely N-dealkylation sites (N-methyl/N-ethyl adjacent to an activating group) is 2. The molecule has 0 spiro atoms. The molecule has 0 aromatic carbocycles. The predicted molar refractivity (Wildman–Crippen MR) is 259 cm³/mol. The van der Waals surface area contributed by atoms with Crippen molar-refractivity contribution in [2.75, 3.05) is 27.2 Å². The molecule has 0 atom stereocenters. The molecule has 56 heavy (non-hydrogen) atoms. The van der Waals surface area contributed by atoms with Crippen LogP contribution in [-0.4, -0.2) is 49.1 Å². The minimum absolute atomic E-state index is 0.786. The molecule has 0 amide bonds. The summed E-state index contributed by atoms with van der Waals surface area (Å²) < 4.78 is 0. The van der Waals surface area contributed by atoms with Crippen molar-refractivity contribution in [3.05, 3.63) is 0 Å². The van der Waals surface area contributed by atoms with Gasteiger partial charge in [0.1, 0.15) is 0 Å². The number of nitrogens with zero attached hydrogens (tertiary/aromatic N) is 2. The molecule has 0 bridgehead atoms. The summed E-state index contributed by atoms with van der Waals surface area (Å²) in [5.41, 5.74) is 0. The molecule has 0 aliphatic carbocycles. The molecule has 338 valence electrons. The summed E-state index contributed by atoms with van der Waals surface area (Å²) >= 11 is 0. The molecule has 0 aliphatic heterocycles. The van der Waals surface area contributed by atoms with Crippen LogP contribution in [0.4, 0.5) is 0 Å². The molecular formula is C54H112N2. The van der Waals surface area contributed by atoms with E-state index in [0.717, 1.165) is 12.1 Å². The zero-order valence-electron chi connectivity index (χ0n) is 40.6. The fourth-order valence-electron chi connectivity index (χ4n) is 9.32. The van der Waals surface area contributed by atoms with Crippen LogP contribution in [0, 0.1) is 0 Å². The average Bonchev–Trinajstić information content (AvgIpc) is 3.20. The van der Waals surface area contributed by atoms with E-state index < -0.39 is 0 Å². The SMILES string of the molecule is CCCCCCCCCCCCC(CCCCCCCCCCCC)N(C)CCN(C)C(CCCCCCCCCCCC)CCCCCCCCCCCC. The van der Waals surface area contributed by atoms with Crippen LogP contribution in [0.2, 0.25) is 0 Å². The Morgan fingerprint density at radius 3 is 0.518 bits per heavy atom. The van der Waals surface area contributed by atoms with Crippen LogP contribution >= 0.6 is 0 Å². The highest BCUT2D eigenvalue weighted by Gasteiger charge is 2.18. The first kappa shape index (κ1) is 55.9. The highest BCUT2D eigenvalue weighted by molar-refractivity contribution is 4.75. The molecule has 0 aliphatic rings. The van der Waals surface area contributed by atoms with Gasteiger partial charge in [0.25, 0.3) is 0 Å². The van der Waals surface area contributed by atoms with Crippen molar-refractivity contribution in [3.8, 4) is 0 Å². The van der Waals surface area contributed by atoms with Gasteiger partial charge in [0.05, 0.1) is 0 Å². The van der Waals surface area contributed by atoms with Crippen molar-refractivity contribution in [1.29, 1.82) is 0 Å². The maximum atomic E-state index is 2.82. The fraction of sp³-hybridized carbons (Fsp3) is 1.00. The Hall–Kier alpha value is -0.0800. The third-order valence-corrected chi connectivity index (χ3v) is 13.6. The van der Waals surface area contributed by atoms with Gasteiger partial charge < -0.3 is 9.80 Å². The van der Waals surface area contributed by atoms with Crippen LogP contribution in [0.15, 0.2) is 0 Å². The van der Waals surface area contributed by atoms with Gasteiger partial charge in [-0.1, -0.05) is 285 Å². The molecule has 0 heterocycles. The van der Waals surface area contributed by atoms with E-state index in [9.17, 15) is 0 Å². The third kappa shape index (κ3) is 40.7. The van der Waals surface area contributed by atoms with Gasteiger partial charge in [-0.2, -0.15) is 0 Å². The van der Waals surface area contributed by atoms with E-state index in [1.807, 2.05) is 0 Å². The smallest absolute Gasteiger partial charge is 0.0109 e. The lowest BCUT2D eigenvalue weighted by atomic mass is 9.98. The first-order valence-corrected chi connectivity index (χ1v) is 27.0. The van der Waals surface area contributed by atoms with Crippen LogP contribution in [0.3, 0.4) is 0 Å². The van der Waals surface area contributed by atoms with E-state index in [1.54, 1.807) is 0 Å². The summed E-state index contributed by atoms with van der Waals surface area (Å²) in [5, 5.41) is 0. The van der Waals surface area contributed by atoms with Crippen molar-refractivity contribution in [2.45, 2.75) is 322 Å².